The summed E-state index contributed by atoms with van der Waals surface area (Å²) in [7, 11) is 0. The van der Waals surface area contributed by atoms with E-state index < -0.39 is 0 Å². The number of ether oxygens (including phenoxy) is 1. The molecule has 0 saturated carbocycles. The normalized spacial score (nSPS) is 11.4. The molecule has 0 aliphatic heterocycles. The minimum atomic E-state index is 0.389. The quantitative estimate of drug-likeness (QED) is 0.576. The van der Waals surface area contributed by atoms with Gasteiger partial charge in [0, 0.05) is 6.61 Å². The molecular weight excluding hydrogens is 124 g/mol. The lowest BCUT2D eigenvalue weighted by Crippen LogP contribution is -2.12. The summed E-state index contributed by atoms with van der Waals surface area (Å²) in [5.74, 6) is 0.766. The van der Waals surface area contributed by atoms with E-state index in [9.17, 15) is 0 Å². The van der Waals surface area contributed by atoms with Gasteiger partial charge in [-0.2, -0.15) is 0 Å². The predicted molar refractivity (Wildman–Crippen MR) is 45.2 cm³/mol. The van der Waals surface area contributed by atoms with Crippen molar-refractivity contribution in [1.82, 2.24) is 0 Å². The molecule has 0 aromatic rings. The van der Waals surface area contributed by atoms with E-state index in [2.05, 4.69) is 27.7 Å². The Hall–Kier alpha value is -0.0400. The molecule has 1 nitrogen and oxygen atoms in total. The van der Waals surface area contributed by atoms with Crippen molar-refractivity contribution in [3.63, 3.8) is 0 Å². The van der Waals surface area contributed by atoms with E-state index in [1.807, 2.05) is 0 Å². The van der Waals surface area contributed by atoms with Crippen LogP contribution < -0.4 is 0 Å². The van der Waals surface area contributed by atoms with E-state index >= 15 is 0 Å². The highest BCUT2D eigenvalue weighted by molar-refractivity contribution is 4.52. The van der Waals surface area contributed by atoms with Gasteiger partial charge in [-0.05, 0) is 19.8 Å². The molecule has 0 N–H and O–H groups in total. The summed E-state index contributed by atoms with van der Waals surface area (Å²) in [6, 6.07) is 0. The molecule has 0 amide bonds. The van der Waals surface area contributed by atoms with Gasteiger partial charge in [-0.1, -0.05) is 26.7 Å². The van der Waals surface area contributed by atoms with Crippen molar-refractivity contribution in [3.05, 3.63) is 0 Å². The van der Waals surface area contributed by atoms with E-state index in [1.54, 1.807) is 0 Å². The van der Waals surface area contributed by atoms with E-state index in [0.717, 1.165) is 12.5 Å². The van der Waals surface area contributed by atoms with Crippen molar-refractivity contribution in [2.75, 3.05) is 6.61 Å². The van der Waals surface area contributed by atoms with Crippen LogP contribution >= 0.6 is 0 Å². The predicted octanol–water partition coefficient (Wildman–Crippen LogP) is 2.85. The lowest BCUT2D eigenvalue weighted by Gasteiger charge is -2.14. The van der Waals surface area contributed by atoms with Crippen LogP contribution in [0, 0.1) is 5.92 Å². The van der Waals surface area contributed by atoms with Crippen LogP contribution in [0.5, 0.6) is 0 Å². The largest absolute Gasteiger partial charge is 0.379 e. The van der Waals surface area contributed by atoms with Crippen molar-refractivity contribution < 1.29 is 4.74 Å². The Labute approximate surface area is 64.8 Å². The molecule has 0 radical (unpaired) electrons. The number of hydrogen-bond donors (Lipinski definition) is 0. The van der Waals surface area contributed by atoms with Gasteiger partial charge in [0.05, 0.1) is 6.10 Å². The first-order chi connectivity index (χ1) is 4.70. The zero-order valence-electron chi connectivity index (χ0n) is 7.68. The monoisotopic (exact) mass is 144 g/mol. The molecule has 0 fully saturated rings. The SMILES string of the molecule is CCC(CC)COC(C)C. The first-order valence-electron chi connectivity index (χ1n) is 4.32. The Bertz CT molecular complexity index is 65.1. The number of rotatable bonds is 5. The molecule has 0 aliphatic rings. The van der Waals surface area contributed by atoms with Gasteiger partial charge in [-0.25, -0.2) is 0 Å². The third kappa shape index (κ3) is 4.80. The Morgan fingerprint density at radius 2 is 1.60 bits per heavy atom. The number of hydrogen-bond acceptors (Lipinski definition) is 1. The molecule has 1 heteroatoms. The van der Waals surface area contributed by atoms with E-state index in [0.29, 0.717) is 6.10 Å². The molecular formula is C9H20O. The zero-order chi connectivity index (χ0) is 7.98. The van der Waals surface area contributed by atoms with Gasteiger partial charge in [-0.15, -0.1) is 0 Å². The molecule has 0 spiro atoms. The fourth-order valence-corrected chi connectivity index (χ4v) is 0.853. The van der Waals surface area contributed by atoms with Gasteiger partial charge in [-0.3, -0.25) is 0 Å². The van der Waals surface area contributed by atoms with Crippen LogP contribution in [0.2, 0.25) is 0 Å². The summed E-state index contributed by atoms with van der Waals surface area (Å²) in [6.45, 7) is 9.55. The Morgan fingerprint density at radius 3 is 1.90 bits per heavy atom. The molecule has 0 heterocycles. The van der Waals surface area contributed by atoms with E-state index in [4.69, 9.17) is 4.74 Å². The highest BCUT2D eigenvalue weighted by Crippen LogP contribution is 2.08. The standard InChI is InChI=1S/C9H20O/c1-5-9(6-2)7-10-8(3)4/h8-9H,5-7H2,1-4H3. The van der Waals surface area contributed by atoms with Crippen molar-refractivity contribution in [2.24, 2.45) is 5.92 Å². The molecule has 10 heavy (non-hydrogen) atoms. The smallest absolute Gasteiger partial charge is 0.0519 e. The van der Waals surface area contributed by atoms with Crippen LogP contribution in [-0.2, 0) is 4.74 Å². The maximum atomic E-state index is 5.49. The third-order valence-electron chi connectivity index (χ3n) is 1.82. The van der Waals surface area contributed by atoms with E-state index in [-0.39, 0.29) is 0 Å². The molecule has 0 saturated heterocycles. The molecule has 0 aromatic heterocycles. The summed E-state index contributed by atoms with van der Waals surface area (Å²) in [6.07, 6.45) is 2.87. The topological polar surface area (TPSA) is 9.23 Å². The summed E-state index contributed by atoms with van der Waals surface area (Å²) in [5.41, 5.74) is 0. The second kappa shape index (κ2) is 5.72. The summed E-state index contributed by atoms with van der Waals surface area (Å²) < 4.78 is 5.49. The van der Waals surface area contributed by atoms with Gasteiger partial charge >= 0.3 is 0 Å². The lowest BCUT2D eigenvalue weighted by atomic mass is 10.1. The summed E-state index contributed by atoms with van der Waals surface area (Å²) in [4.78, 5) is 0. The lowest BCUT2D eigenvalue weighted by molar-refractivity contribution is 0.0492. The minimum Gasteiger partial charge on any atom is -0.379 e. The fraction of sp³-hybridized carbons (Fsp3) is 1.00. The average molecular weight is 144 g/mol. The molecule has 0 rings (SSSR count). The minimum absolute atomic E-state index is 0.389. The maximum Gasteiger partial charge on any atom is 0.0519 e. The first-order valence-corrected chi connectivity index (χ1v) is 4.32. The fourth-order valence-electron chi connectivity index (χ4n) is 0.853. The Kier molecular flexibility index (Phi) is 5.70. The molecule has 0 unspecified atom stereocenters. The Balaban J connectivity index is 3.26. The average Bonchev–Trinajstić information content (AvgIpc) is 1.90. The molecule has 0 aromatic carbocycles. The maximum absolute atomic E-state index is 5.49. The van der Waals surface area contributed by atoms with E-state index in [1.165, 1.54) is 12.8 Å². The second-order valence-electron chi connectivity index (χ2n) is 3.06. The van der Waals surface area contributed by atoms with Crippen molar-refractivity contribution in [2.45, 2.75) is 46.6 Å². The Morgan fingerprint density at radius 1 is 1.10 bits per heavy atom. The molecule has 62 valence electrons. The highest BCUT2D eigenvalue weighted by Gasteiger charge is 2.03. The van der Waals surface area contributed by atoms with Crippen LogP contribution in [0.25, 0.3) is 0 Å². The van der Waals surface area contributed by atoms with Gasteiger partial charge in [0.15, 0.2) is 0 Å². The van der Waals surface area contributed by atoms with Crippen molar-refractivity contribution >= 4 is 0 Å². The second-order valence-corrected chi connectivity index (χ2v) is 3.06. The van der Waals surface area contributed by atoms with Gasteiger partial charge in [0.25, 0.3) is 0 Å². The molecule has 0 bridgehead atoms. The van der Waals surface area contributed by atoms with Gasteiger partial charge in [0.1, 0.15) is 0 Å². The molecule has 0 atom stereocenters. The van der Waals surface area contributed by atoms with Gasteiger partial charge in [0.2, 0.25) is 0 Å². The van der Waals surface area contributed by atoms with Crippen molar-refractivity contribution in [1.29, 1.82) is 0 Å². The van der Waals surface area contributed by atoms with Crippen LogP contribution in [0.15, 0.2) is 0 Å². The van der Waals surface area contributed by atoms with Crippen LogP contribution in [0.1, 0.15) is 40.5 Å². The third-order valence-corrected chi connectivity index (χ3v) is 1.82. The van der Waals surface area contributed by atoms with Crippen molar-refractivity contribution in [3.8, 4) is 0 Å². The zero-order valence-corrected chi connectivity index (χ0v) is 7.68. The summed E-state index contributed by atoms with van der Waals surface area (Å²) >= 11 is 0. The highest BCUT2D eigenvalue weighted by atomic mass is 16.5. The van der Waals surface area contributed by atoms with Gasteiger partial charge < -0.3 is 4.74 Å². The summed E-state index contributed by atoms with van der Waals surface area (Å²) in [5, 5.41) is 0. The first kappa shape index (κ1) is 9.96. The van der Waals surface area contributed by atoms with Crippen LogP contribution in [0.4, 0.5) is 0 Å². The van der Waals surface area contributed by atoms with Crippen LogP contribution in [0.3, 0.4) is 0 Å². The molecule has 0 aliphatic carbocycles. The van der Waals surface area contributed by atoms with Crippen LogP contribution in [-0.4, -0.2) is 12.7 Å².